The lowest BCUT2D eigenvalue weighted by Crippen LogP contribution is -2.31. The van der Waals surface area contributed by atoms with Gasteiger partial charge in [-0.15, -0.1) is 0 Å². The molecule has 1 aromatic carbocycles. The monoisotopic (exact) mass is 228 g/mol. The van der Waals surface area contributed by atoms with Crippen LogP contribution in [-0.4, -0.2) is 11.1 Å². The number of carboxylic acid groups (broad SMARTS) is 1. The molecule has 0 radical (unpaired) electrons. The molecule has 0 aromatic heterocycles. The maximum atomic E-state index is 13.7. The normalized spacial score (nSPS) is 12.5. The Kier molecular flexibility index (Phi) is 3.31. The molecule has 1 aromatic rings. The van der Waals surface area contributed by atoms with E-state index in [1.165, 1.54) is 38.1 Å². The molecule has 0 bridgehead atoms. The van der Waals surface area contributed by atoms with E-state index in [0.29, 0.717) is 0 Å². The molecule has 1 rings (SSSR count). The molecule has 2 nitrogen and oxygen atoms in total. The van der Waals surface area contributed by atoms with E-state index < -0.39 is 23.7 Å². The average Bonchev–Trinajstić information content (AvgIpc) is 2.17. The summed E-state index contributed by atoms with van der Waals surface area (Å²) in [6.45, 7) is 2.60. The molecule has 4 heteroatoms. The van der Waals surface area contributed by atoms with Gasteiger partial charge in [0.1, 0.15) is 0 Å². The van der Waals surface area contributed by atoms with Crippen molar-refractivity contribution in [3.8, 4) is 0 Å². The fourth-order valence-electron chi connectivity index (χ4n) is 1.41. The summed E-state index contributed by atoms with van der Waals surface area (Å²) in [7, 11) is 0. The van der Waals surface area contributed by atoms with Crippen LogP contribution in [0.25, 0.3) is 0 Å². The van der Waals surface area contributed by atoms with E-state index in [1.807, 2.05) is 0 Å². The molecular weight excluding hydrogens is 214 g/mol. The minimum atomic E-state index is -3.12. The summed E-state index contributed by atoms with van der Waals surface area (Å²) in [4.78, 5) is 10.8. The minimum Gasteiger partial charge on any atom is -0.481 e. The van der Waals surface area contributed by atoms with Gasteiger partial charge >= 0.3 is 5.97 Å². The van der Waals surface area contributed by atoms with Crippen LogP contribution in [0.1, 0.15) is 25.8 Å². The van der Waals surface area contributed by atoms with Crippen LogP contribution in [0, 0.1) is 5.41 Å². The Morgan fingerprint density at radius 1 is 1.25 bits per heavy atom. The minimum absolute atomic E-state index is 0.149. The SMILES string of the molecule is CC(C)(CC(F)(F)c1ccccc1)C(=O)O. The van der Waals surface area contributed by atoms with Crippen molar-refractivity contribution >= 4 is 5.97 Å². The number of carboxylic acids is 1. The van der Waals surface area contributed by atoms with Crippen molar-refractivity contribution < 1.29 is 18.7 Å². The molecule has 0 saturated heterocycles. The van der Waals surface area contributed by atoms with Gasteiger partial charge in [0, 0.05) is 12.0 Å². The van der Waals surface area contributed by atoms with E-state index in [-0.39, 0.29) is 5.56 Å². The molecular formula is C12H14F2O2. The summed E-state index contributed by atoms with van der Waals surface area (Å²) in [5, 5.41) is 8.82. The van der Waals surface area contributed by atoms with Crippen molar-refractivity contribution in [3.63, 3.8) is 0 Å². The lowest BCUT2D eigenvalue weighted by molar-refractivity contribution is -0.153. The van der Waals surface area contributed by atoms with Crippen LogP contribution in [0.15, 0.2) is 30.3 Å². The Balaban J connectivity index is 2.92. The number of hydrogen-bond acceptors (Lipinski definition) is 1. The molecule has 1 N–H and O–H groups in total. The molecule has 0 amide bonds. The van der Waals surface area contributed by atoms with E-state index in [4.69, 9.17) is 5.11 Å². The first-order chi connectivity index (χ1) is 7.26. The molecule has 0 aliphatic carbocycles. The zero-order valence-electron chi connectivity index (χ0n) is 9.21. The first-order valence-corrected chi connectivity index (χ1v) is 4.92. The topological polar surface area (TPSA) is 37.3 Å². The molecule has 0 saturated carbocycles. The first kappa shape index (κ1) is 12.6. The van der Waals surface area contributed by atoms with E-state index in [0.717, 1.165) is 0 Å². The molecule has 0 heterocycles. The van der Waals surface area contributed by atoms with Crippen molar-refractivity contribution in [2.45, 2.75) is 26.2 Å². The van der Waals surface area contributed by atoms with E-state index >= 15 is 0 Å². The summed E-state index contributed by atoms with van der Waals surface area (Å²) in [5.41, 5.74) is -1.59. The Labute approximate surface area is 92.9 Å². The standard InChI is InChI=1S/C12H14F2O2/c1-11(2,10(15)16)8-12(13,14)9-6-4-3-5-7-9/h3-7H,8H2,1-2H3,(H,15,16). The van der Waals surface area contributed by atoms with Gasteiger partial charge in [0.15, 0.2) is 0 Å². The zero-order chi connectivity index (χ0) is 12.4. The molecule has 0 aliphatic heterocycles. The Morgan fingerprint density at radius 2 is 1.75 bits per heavy atom. The van der Waals surface area contributed by atoms with E-state index in [2.05, 4.69) is 0 Å². The van der Waals surface area contributed by atoms with Crippen LogP contribution in [-0.2, 0) is 10.7 Å². The fourth-order valence-corrected chi connectivity index (χ4v) is 1.41. The second-order valence-corrected chi connectivity index (χ2v) is 4.44. The highest BCUT2D eigenvalue weighted by Crippen LogP contribution is 2.39. The van der Waals surface area contributed by atoms with Crippen molar-refractivity contribution in [2.24, 2.45) is 5.41 Å². The zero-order valence-corrected chi connectivity index (χ0v) is 9.21. The number of aliphatic carboxylic acids is 1. The molecule has 0 unspecified atom stereocenters. The van der Waals surface area contributed by atoms with Gasteiger partial charge in [-0.1, -0.05) is 30.3 Å². The third-order valence-corrected chi connectivity index (χ3v) is 2.44. The Morgan fingerprint density at radius 3 is 2.19 bits per heavy atom. The van der Waals surface area contributed by atoms with Gasteiger partial charge in [-0.3, -0.25) is 4.79 Å². The predicted octanol–water partition coefficient (Wildman–Crippen LogP) is 3.28. The number of rotatable bonds is 4. The quantitative estimate of drug-likeness (QED) is 0.858. The number of carbonyl (C=O) groups is 1. The average molecular weight is 228 g/mol. The summed E-state index contributed by atoms with van der Waals surface area (Å²) in [5.74, 6) is -4.34. The lowest BCUT2D eigenvalue weighted by atomic mass is 9.84. The largest absolute Gasteiger partial charge is 0.481 e. The highest BCUT2D eigenvalue weighted by molar-refractivity contribution is 5.73. The van der Waals surface area contributed by atoms with E-state index in [9.17, 15) is 13.6 Å². The third kappa shape index (κ3) is 2.78. The molecule has 16 heavy (non-hydrogen) atoms. The van der Waals surface area contributed by atoms with Crippen molar-refractivity contribution in [2.75, 3.05) is 0 Å². The van der Waals surface area contributed by atoms with Gasteiger partial charge in [-0.25, -0.2) is 8.78 Å². The summed E-state index contributed by atoms with van der Waals surface area (Å²) in [6.07, 6.45) is -0.709. The summed E-state index contributed by atoms with van der Waals surface area (Å²) >= 11 is 0. The van der Waals surface area contributed by atoms with Gasteiger partial charge in [0.05, 0.1) is 5.41 Å². The third-order valence-electron chi connectivity index (χ3n) is 2.44. The molecule has 0 aliphatic rings. The number of halogens is 2. The van der Waals surface area contributed by atoms with Crippen LogP contribution >= 0.6 is 0 Å². The van der Waals surface area contributed by atoms with Crippen molar-refractivity contribution in [3.05, 3.63) is 35.9 Å². The predicted molar refractivity (Wildman–Crippen MR) is 56.4 cm³/mol. The molecule has 0 spiro atoms. The molecule has 0 atom stereocenters. The van der Waals surface area contributed by atoms with Gasteiger partial charge in [-0.05, 0) is 13.8 Å². The summed E-state index contributed by atoms with van der Waals surface area (Å²) < 4.78 is 27.5. The number of benzene rings is 1. The second kappa shape index (κ2) is 4.20. The second-order valence-electron chi connectivity index (χ2n) is 4.44. The maximum Gasteiger partial charge on any atom is 0.309 e. The van der Waals surface area contributed by atoms with Crippen LogP contribution in [0.5, 0.6) is 0 Å². The van der Waals surface area contributed by atoms with Crippen LogP contribution in [0.4, 0.5) is 8.78 Å². The van der Waals surface area contributed by atoms with Crippen LogP contribution in [0.2, 0.25) is 0 Å². The Hall–Kier alpha value is -1.45. The summed E-state index contributed by atoms with van der Waals surface area (Å²) in [6, 6.07) is 7.27. The number of alkyl halides is 2. The Bertz CT molecular complexity index is 372. The lowest BCUT2D eigenvalue weighted by Gasteiger charge is -2.25. The van der Waals surface area contributed by atoms with Crippen LogP contribution < -0.4 is 0 Å². The van der Waals surface area contributed by atoms with Gasteiger partial charge in [0.25, 0.3) is 5.92 Å². The highest BCUT2D eigenvalue weighted by atomic mass is 19.3. The van der Waals surface area contributed by atoms with Crippen LogP contribution in [0.3, 0.4) is 0 Å². The highest BCUT2D eigenvalue weighted by Gasteiger charge is 2.42. The van der Waals surface area contributed by atoms with E-state index in [1.54, 1.807) is 6.07 Å². The first-order valence-electron chi connectivity index (χ1n) is 4.92. The fraction of sp³-hybridized carbons (Fsp3) is 0.417. The van der Waals surface area contributed by atoms with Crippen molar-refractivity contribution in [1.29, 1.82) is 0 Å². The van der Waals surface area contributed by atoms with Crippen molar-refractivity contribution in [1.82, 2.24) is 0 Å². The maximum absolute atomic E-state index is 13.7. The van der Waals surface area contributed by atoms with Gasteiger partial charge in [-0.2, -0.15) is 0 Å². The number of hydrogen-bond donors (Lipinski definition) is 1. The van der Waals surface area contributed by atoms with Gasteiger partial charge < -0.3 is 5.11 Å². The molecule has 88 valence electrons. The smallest absolute Gasteiger partial charge is 0.309 e. The van der Waals surface area contributed by atoms with Gasteiger partial charge in [0.2, 0.25) is 0 Å². The molecule has 0 fully saturated rings.